The zero-order chi connectivity index (χ0) is 19.7. The number of fused-ring (bicyclic) bond motifs is 1. The molecule has 0 aliphatic rings. The second kappa shape index (κ2) is 7.36. The number of hydrogen-bond donors (Lipinski definition) is 2. The molecule has 0 unspecified atom stereocenters. The number of hydrogen-bond acceptors (Lipinski definition) is 7. The topological polar surface area (TPSA) is 79.8 Å². The molecule has 0 aliphatic carbocycles. The molecule has 4 rings (SSSR count). The van der Waals surface area contributed by atoms with Gasteiger partial charge >= 0.3 is 0 Å². The Labute approximate surface area is 166 Å². The average Bonchev–Trinajstić information content (AvgIpc) is 3.09. The zero-order valence-electron chi connectivity index (χ0n) is 15.8. The minimum absolute atomic E-state index is 0.0395. The van der Waals surface area contributed by atoms with Gasteiger partial charge in [-0.3, -0.25) is 4.79 Å². The van der Waals surface area contributed by atoms with Crippen molar-refractivity contribution in [2.45, 2.75) is 20.8 Å². The third kappa shape index (κ3) is 3.57. The molecule has 28 heavy (non-hydrogen) atoms. The fraction of sp³-hybridized carbons (Fsp3) is 0.143. The molecule has 2 aromatic carbocycles. The monoisotopic (exact) mass is 389 g/mol. The number of rotatable bonds is 5. The third-order valence-electron chi connectivity index (χ3n) is 4.46. The van der Waals surface area contributed by atoms with Gasteiger partial charge in [0.1, 0.15) is 11.8 Å². The largest absolute Gasteiger partial charge is 0.338 e. The van der Waals surface area contributed by atoms with E-state index in [4.69, 9.17) is 4.98 Å². The van der Waals surface area contributed by atoms with Crippen molar-refractivity contribution in [1.82, 2.24) is 15.0 Å². The summed E-state index contributed by atoms with van der Waals surface area (Å²) in [4.78, 5) is 25.6. The molecule has 2 N–H and O–H groups in total. The highest BCUT2D eigenvalue weighted by Gasteiger charge is 2.13. The highest BCUT2D eigenvalue weighted by molar-refractivity contribution is 7.21. The number of thiazole rings is 1. The van der Waals surface area contributed by atoms with Gasteiger partial charge in [0.25, 0.3) is 0 Å². The van der Waals surface area contributed by atoms with Crippen LogP contribution in [-0.4, -0.2) is 20.7 Å². The molecule has 0 atom stereocenters. The first-order chi connectivity index (χ1) is 13.5. The van der Waals surface area contributed by atoms with Crippen LogP contribution in [0.5, 0.6) is 0 Å². The van der Waals surface area contributed by atoms with Crippen LogP contribution < -0.4 is 10.6 Å². The van der Waals surface area contributed by atoms with Crippen molar-refractivity contribution in [3.8, 4) is 0 Å². The summed E-state index contributed by atoms with van der Waals surface area (Å²) in [5, 5.41) is 7.45. The smallest absolute Gasteiger partial charge is 0.189 e. The van der Waals surface area contributed by atoms with E-state index >= 15 is 0 Å². The van der Waals surface area contributed by atoms with Crippen molar-refractivity contribution in [3.05, 3.63) is 65.5 Å². The van der Waals surface area contributed by atoms with E-state index in [1.807, 2.05) is 18.2 Å². The molecule has 0 radical (unpaired) electrons. The molecule has 140 valence electrons. The number of anilines is 4. The van der Waals surface area contributed by atoms with Gasteiger partial charge in [0.15, 0.2) is 21.6 Å². The summed E-state index contributed by atoms with van der Waals surface area (Å²) in [6.45, 7) is 5.69. The SMILES string of the molecule is CC(=O)c1ccc(Nc2ncnc3sc(Nc4c(C)cccc4C)nc23)cc1. The molecule has 0 saturated carbocycles. The van der Waals surface area contributed by atoms with Crippen LogP contribution in [-0.2, 0) is 0 Å². The van der Waals surface area contributed by atoms with Crippen LogP contribution in [0.2, 0.25) is 0 Å². The van der Waals surface area contributed by atoms with Gasteiger partial charge < -0.3 is 10.6 Å². The van der Waals surface area contributed by atoms with Crippen LogP contribution in [0.3, 0.4) is 0 Å². The lowest BCUT2D eigenvalue weighted by molar-refractivity contribution is 0.101. The van der Waals surface area contributed by atoms with Crippen LogP contribution in [0.15, 0.2) is 48.8 Å². The number of para-hydroxylation sites is 1. The lowest BCUT2D eigenvalue weighted by Crippen LogP contribution is -1.97. The second-order valence-electron chi connectivity index (χ2n) is 6.55. The molecule has 0 fully saturated rings. The molecular formula is C21H19N5OS. The fourth-order valence-corrected chi connectivity index (χ4v) is 3.75. The minimum Gasteiger partial charge on any atom is -0.338 e. The fourth-order valence-electron chi connectivity index (χ4n) is 2.94. The zero-order valence-corrected chi connectivity index (χ0v) is 16.6. The summed E-state index contributed by atoms with van der Waals surface area (Å²) in [5.41, 5.74) is 5.60. The van der Waals surface area contributed by atoms with Crippen molar-refractivity contribution in [3.63, 3.8) is 0 Å². The first kappa shape index (κ1) is 18.1. The highest BCUT2D eigenvalue weighted by atomic mass is 32.1. The number of carbonyl (C=O) groups is 1. The van der Waals surface area contributed by atoms with Gasteiger partial charge in [-0.15, -0.1) is 0 Å². The van der Waals surface area contributed by atoms with E-state index in [1.54, 1.807) is 19.1 Å². The van der Waals surface area contributed by atoms with E-state index in [0.29, 0.717) is 16.9 Å². The number of aryl methyl sites for hydroxylation is 2. The molecule has 0 saturated heterocycles. The second-order valence-corrected chi connectivity index (χ2v) is 7.52. The summed E-state index contributed by atoms with van der Waals surface area (Å²) in [6, 6.07) is 13.5. The van der Waals surface area contributed by atoms with Crippen LogP contribution >= 0.6 is 11.3 Å². The molecule has 0 bridgehead atoms. The van der Waals surface area contributed by atoms with E-state index in [2.05, 4.69) is 46.6 Å². The van der Waals surface area contributed by atoms with E-state index in [9.17, 15) is 4.79 Å². The van der Waals surface area contributed by atoms with E-state index in [1.165, 1.54) is 17.7 Å². The van der Waals surface area contributed by atoms with E-state index in [-0.39, 0.29) is 5.78 Å². The van der Waals surface area contributed by atoms with Gasteiger partial charge in [0.05, 0.1) is 0 Å². The highest BCUT2D eigenvalue weighted by Crippen LogP contribution is 2.32. The number of nitrogens with one attached hydrogen (secondary N) is 2. The molecule has 0 amide bonds. The summed E-state index contributed by atoms with van der Waals surface area (Å²) < 4.78 is 0. The lowest BCUT2D eigenvalue weighted by Gasteiger charge is -2.09. The van der Waals surface area contributed by atoms with Crippen molar-refractivity contribution in [2.75, 3.05) is 10.6 Å². The van der Waals surface area contributed by atoms with Crippen LogP contribution in [0, 0.1) is 13.8 Å². The molecule has 2 heterocycles. The molecule has 2 aromatic heterocycles. The normalized spacial score (nSPS) is 10.8. The van der Waals surface area contributed by atoms with E-state index in [0.717, 1.165) is 32.5 Å². The van der Waals surface area contributed by atoms with E-state index < -0.39 is 0 Å². The quantitative estimate of drug-likeness (QED) is 0.445. The molecule has 0 spiro atoms. The maximum absolute atomic E-state index is 11.4. The number of carbonyl (C=O) groups excluding carboxylic acids is 1. The van der Waals surface area contributed by atoms with Gasteiger partial charge in [0.2, 0.25) is 0 Å². The maximum Gasteiger partial charge on any atom is 0.189 e. The Balaban J connectivity index is 1.64. The Kier molecular flexibility index (Phi) is 4.75. The molecular weight excluding hydrogens is 370 g/mol. The van der Waals surface area contributed by atoms with Crippen molar-refractivity contribution >= 4 is 49.8 Å². The Morgan fingerprint density at radius 2 is 1.68 bits per heavy atom. The Morgan fingerprint density at radius 1 is 0.964 bits per heavy atom. The van der Waals surface area contributed by atoms with Crippen molar-refractivity contribution in [2.24, 2.45) is 0 Å². The van der Waals surface area contributed by atoms with Gasteiger partial charge in [-0.05, 0) is 56.2 Å². The predicted octanol–water partition coefficient (Wildman–Crippen LogP) is 5.39. The molecule has 4 aromatic rings. The first-order valence-corrected chi connectivity index (χ1v) is 9.66. The van der Waals surface area contributed by atoms with Crippen LogP contribution in [0.25, 0.3) is 10.3 Å². The number of benzene rings is 2. The third-order valence-corrected chi connectivity index (χ3v) is 5.34. The maximum atomic E-state index is 11.4. The Morgan fingerprint density at radius 3 is 2.36 bits per heavy atom. The lowest BCUT2D eigenvalue weighted by atomic mass is 10.1. The Hall–Kier alpha value is -3.32. The van der Waals surface area contributed by atoms with Crippen molar-refractivity contribution < 1.29 is 4.79 Å². The standard InChI is InChI=1S/C21H19N5OS/c1-12-5-4-6-13(2)17(12)25-21-26-18-19(22-11-23-20(18)28-21)24-16-9-7-15(8-10-16)14(3)27/h4-11H,1-3H3,(H,25,26)(H,22,23,24). The number of nitrogens with zero attached hydrogens (tertiary/aromatic N) is 3. The molecule has 7 heteroatoms. The molecule has 6 nitrogen and oxygen atoms in total. The number of ketones is 1. The van der Waals surface area contributed by atoms with Crippen LogP contribution in [0.4, 0.5) is 22.3 Å². The summed E-state index contributed by atoms with van der Waals surface area (Å²) in [6.07, 6.45) is 1.52. The van der Waals surface area contributed by atoms with Gasteiger partial charge in [-0.1, -0.05) is 29.5 Å². The Bertz CT molecular complexity index is 1150. The van der Waals surface area contributed by atoms with Crippen molar-refractivity contribution in [1.29, 1.82) is 0 Å². The first-order valence-electron chi connectivity index (χ1n) is 8.84. The average molecular weight is 389 g/mol. The summed E-state index contributed by atoms with van der Waals surface area (Å²) in [5.74, 6) is 0.670. The summed E-state index contributed by atoms with van der Waals surface area (Å²) >= 11 is 1.48. The molecule has 0 aliphatic heterocycles. The van der Waals surface area contributed by atoms with Gasteiger partial charge in [-0.25, -0.2) is 15.0 Å². The van der Waals surface area contributed by atoms with Gasteiger partial charge in [0, 0.05) is 16.9 Å². The predicted molar refractivity (Wildman–Crippen MR) is 114 cm³/mol. The van der Waals surface area contributed by atoms with Gasteiger partial charge in [-0.2, -0.15) is 0 Å². The number of aromatic nitrogens is 3. The minimum atomic E-state index is 0.0395. The van der Waals surface area contributed by atoms with Crippen LogP contribution in [0.1, 0.15) is 28.4 Å². The number of Topliss-reactive ketones (excluding diaryl/α,β-unsaturated/α-hetero) is 1. The summed E-state index contributed by atoms with van der Waals surface area (Å²) in [7, 11) is 0.